The summed E-state index contributed by atoms with van der Waals surface area (Å²) < 4.78 is 26.0. The molecular weight excluding hydrogens is 232 g/mol. The third-order valence-corrected chi connectivity index (χ3v) is 2.13. The molecule has 6 heteroatoms. The Kier molecular flexibility index (Phi) is 4.14. The maximum absolute atomic E-state index is 13.2. The van der Waals surface area contributed by atoms with Crippen molar-refractivity contribution in [2.24, 2.45) is 0 Å². The van der Waals surface area contributed by atoms with E-state index in [1.807, 2.05) is 0 Å². The van der Waals surface area contributed by atoms with Crippen molar-refractivity contribution < 1.29 is 23.5 Å². The van der Waals surface area contributed by atoms with E-state index in [1.165, 1.54) is 19.1 Å². The number of hydrogen-bond donors (Lipinski definition) is 2. The maximum atomic E-state index is 13.2. The molecule has 4 nitrogen and oxygen atoms in total. The third kappa shape index (κ3) is 3.51. The van der Waals surface area contributed by atoms with E-state index in [-0.39, 0.29) is 5.56 Å². The Morgan fingerprint density at radius 3 is 2.65 bits per heavy atom. The van der Waals surface area contributed by atoms with Gasteiger partial charge in [-0.3, -0.25) is 9.59 Å². The Bertz CT molecular complexity index is 448. The van der Waals surface area contributed by atoms with E-state index < -0.39 is 36.0 Å². The molecule has 92 valence electrons. The Morgan fingerprint density at radius 2 is 2.06 bits per heavy atom. The normalized spacial score (nSPS) is 11.9. The van der Waals surface area contributed by atoms with Crippen LogP contribution in [0, 0.1) is 11.6 Å². The van der Waals surface area contributed by atoms with Crippen LogP contribution in [0.1, 0.15) is 12.5 Å². The van der Waals surface area contributed by atoms with Crippen LogP contribution in [-0.2, 0) is 16.0 Å². The lowest BCUT2D eigenvalue weighted by molar-refractivity contribution is -0.141. The number of nitrogens with one attached hydrogen (secondary N) is 1. The summed E-state index contributed by atoms with van der Waals surface area (Å²) in [6.45, 7) is 1.28. The van der Waals surface area contributed by atoms with Crippen LogP contribution in [0.3, 0.4) is 0 Å². The summed E-state index contributed by atoms with van der Waals surface area (Å²) in [5.74, 6) is -4.00. The van der Waals surface area contributed by atoms with Crippen LogP contribution < -0.4 is 5.32 Å². The van der Waals surface area contributed by atoms with Crippen LogP contribution in [0.4, 0.5) is 8.78 Å². The van der Waals surface area contributed by atoms with Crippen molar-refractivity contribution in [3.63, 3.8) is 0 Å². The predicted molar refractivity (Wildman–Crippen MR) is 55.3 cm³/mol. The van der Waals surface area contributed by atoms with Gasteiger partial charge in [0.15, 0.2) is 11.6 Å². The van der Waals surface area contributed by atoms with Crippen molar-refractivity contribution >= 4 is 11.9 Å². The minimum absolute atomic E-state index is 0.111. The predicted octanol–water partition coefficient (Wildman–Crippen LogP) is 1.10. The number of aliphatic carboxylic acids is 1. The molecule has 0 saturated carbocycles. The van der Waals surface area contributed by atoms with Crippen molar-refractivity contribution in [1.82, 2.24) is 5.32 Å². The maximum Gasteiger partial charge on any atom is 0.325 e. The molecule has 0 fully saturated rings. The quantitative estimate of drug-likeness (QED) is 0.832. The smallest absolute Gasteiger partial charge is 0.325 e. The zero-order valence-corrected chi connectivity index (χ0v) is 9.04. The summed E-state index contributed by atoms with van der Waals surface area (Å²) in [6, 6.07) is 2.42. The van der Waals surface area contributed by atoms with Crippen LogP contribution in [0.5, 0.6) is 0 Å². The molecule has 0 heterocycles. The molecule has 1 amide bonds. The lowest BCUT2D eigenvalue weighted by Gasteiger charge is -2.09. The summed E-state index contributed by atoms with van der Waals surface area (Å²) in [6.07, 6.45) is -0.402. The van der Waals surface area contributed by atoms with Crippen molar-refractivity contribution in [2.75, 3.05) is 0 Å². The van der Waals surface area contributed by atoms with E-state index in [2.05, 4.69) is 5.32 Å². The first-order chi connectivity index (χ1) is 7.91. The number of halogens is 2. The average Bonchev–Trinajstić information content (AvgIpc) is 2.24. The Morgan fingerprint density at radius 1 is 1.41 bits per heavy atom. The zero-order chi connectivity index (χ0) is 13.0. The van der Waals surface area contributed by atoms with Crippen LogP contribution in [-0.4, -0.2) is 23.0 Å². The molecule has 0 aromatic heterocycles. The van der Waals surface area contributed by atoms with Gasteiger partial charge in [-0.1, -0.05) is 12.1 Å². The molecule has 17 heavy (non-hydrogen) atoms. The Labute approximate surface area is 96.3 Å². The van der Waals surface area contributed by atoms with Crippen LogP contribution in [0.2, 0.25) is 0 Å². The molecule has 1 rings (SSSR count). The van der Waals surface area contributed by atoms with Gasteiger partial charge in [-0.15, -0.1) is 0 Å². The fourth-order valence-corrected chi connectivity index (χ4v) is 1.21. The number of carboxylic acids is 1. The fourth-order valence-electron chi connectivity index (χ4n) is 1.21. The number of amides is 1. The topological polar surface area (TPSA) is 66.4 Å². The van der Waals surface area contributed by atoms with E-state index in [0.717, 1.165) is 6.07 Å². The van der Waals surface area contributed by atoms with Gasteiger partial charge in [0.25, 0.3) is 0 Å². The van der Waals surface area contributed by atoms with E-state index in [9.17, 15) is 18.4 Å². The van der Waals surface area contributed by atoms with Gasteiger partial charge in [0.05, 0.1) is 6.42 Å². The molecule has 0 aliphatic rings. The van der Waals surface area contributed by atoms with Crippen LogP contribution >= 0.6 is 0 Å². The standard InChI is InChI=1S/C11H11F2NO3/c1-6(11(16)17)14-9(15)5-7-3-2-4-8(12)10(7)13/h2-4,6H,5H2,1H3,(H,14,15)(H,16,17)/t6-/m0/s1. The highest BCUT2D eigenvalue weighted by Gasteiger charge is 2.16. The number of rotatable bonds is 4. The molecule has 1 aromatic rings. The molecule has 0 spiro atoms. The molecule has 0 radical (unpaired) electrons. The summed E-state index contributed by atoms with van der Waals surface area (Å²) in [7, 11) is 0. The zero-order valence-electron chi connectivity index (χ0n) is 9.04. The molecule has 1 atom stereocenters. The minimum atomic E-state index is -1.20. The first-order valence-corrected chi connectivity index (χ1v) is 4.87. The second-order valence-electron chi connectivity index (χ2n) is 3.52. The highest BCUT2D eigenvalue weighted by Crippen LogP contribution is 2.11. The minimum Gasteiger partial charge on any atom is -0.480 e. The van der Waals surface area contributed by atoms with Gasteiger partial charge in [-0.25, -0.2) is 8.78 Å². The largest absolute Gasteiger partial charge is 0.480 e. The molecule has 1 aromatic carbocycles. The summed E-state index contributed by atoms with van der Waals surface area (Å²) >= 11 is 0. The van der Waals surface area contributed by atoms with E-state index >= 15 is 0 Å². The molecular formula is C11H11F2NO3. The molecule has 0 bridgehead atoms. The molecule has 0 aliphatic heterocycles. The van der Waals surface area contributed by atoms with Gasteiger partial charge >= 0.3 is 5.97 Å². The lowest BCUT2D eigenvalue weighted by atomic mass is 10.1. The first-order valence-electron chi connectivity index (χ1n) is 4.87. The van der Waals surface area contributed by atoms with Gasteiger partial charge in [0, 0.05) is 5.56 Å². The first kappa shape index (κ1) is 13.1. The van der Waals surface area contributed by atoms with Crippen LogP contribution in [0.15, 0.2) is 18.2 Å². The summed E-state index contributed by atoms with van der Waals surface area (Å²) in [5.41, 5.74) is -0.111. The highest BCUT2D eigenvalue weighted by atomic mass is 19.2. The van der Waals surface area contributed by atoms with Crippen molar-refractivity contribution in [3.05, 3.63) is 35.4 Å². The lowest BCUT2D eigenvalue weighted by Crippen LogP contribution is -2.39. The van der Waals surface area contributed by atoms with Crippen molar-refractivity contribution in [2.45, 2.75) is 19.4 Å². The molecule has 2 N–H and O–H groups in total. The second kappa shape index (κ2) is 5.38. The molecule has 0 unspecified atom stereocenters. The monoisotopic (exact) mass is 243 g/mol. The molecule has 0 saturated heterocycles. The number of carbonyl (C=O) groups is 2. The van der Waals surface area contributed by atoms with E-state index in [0.29, 0.717) is 0 Å². The average molecular weight is 243 g/mol. The van der Waals surface area contributed by atoms with Gasteiger partial charge in [-0.05, 0) is 13.0 Å². The SMILES string of the molecule is C[C@H](NC(=O)Cc1cccc(F)c1F)C(=O)O. The van der Waals surface area contributed by atoms with Crippen molar-refractivity contribution in [3.8, 4) is 0 Å². The summed E-state index contributed by atoms with van der Waals surface area (Å²) in [5, 5.41) is 10.7. The van der Waals surface area contributed by atoms with Gasteiger partial charge in [0.2, 0.25) is 5.91 Å². The third-order valence-electron chi connectivity index (χ3n) is 2.13. The van der Waals surface area contributed by atoms with Gasteiger partial charge in [-0.2, -0.15) is 0 Å². The number of hydrogen-bond acceptors (Lipinski definition) is 2. The summed E-state index contributed by atoms with van der Waals surface area (Å²) in [4.78, 5) is 21.8. The van der Waals surface area contributed by atoms with Gasteiger partial charge < -0.3 is 10.4 Å². The highest BCUT2D eigenvalue weighted by molar-refractivity contribution is 5.84. The Balaban J connectivity index is 2.69. The van der Waals surface area contributed by atoms with Gasteiger partial charge in [0.1, 0.15) is 6.04 Å². The Hall–Kier alpha value is -1.98. The van der Waals surface area contributed by atoms with E-state index in [4.69, 9.17) is 5.11 Å². The van der Waals surface area contributed by atoms with E-state index in [1.54, 1.807) is 0 Å². The number of carbonyl (C=O) groups excluding carboxylic acids is 1. The second-order valence-corrected chi connectivity index (χ2v) is 3.52. The number of carboxylic acid groups (broad SMARTS) is 1. The molecule has 0 aliphatic carbocycles. The van der Waals surface area contributed by atoms with Crippen molar-refractivity contribution in [1.29, 1.82) is 0 Å². The number of benzene rings is 1. The van der Waals surface area contributed by atoms with Crippen LogP contribution in [0.25, 0.3) is 0 Å². The fraction of sp³-hybridized carbons (Fsp3) is 0.273.